The third kappa shape index (κ3) is 3.91. The summed E-state index contributed by atoms with van der Waals surface area (Å²) >= 11 is 0. The highest BCUT2D eigenvalue weighted by Crippen LogP contribution is 2.33. The van der Waals surface area contributed by atoms with Gasteiger partial charge in [0.2, 0.25) is 0 Å². The predicted octanol–water partition coefficient (Wildman–Crippen LogP) is 3.85. The highest BCUT2D eigenvalue weighted by molar-refractivity contribution is 5.94. The minimum atomic E-state index is -0.511. The predicted molar refractivity (Wildman–Crippen MR) is 106 cm³/mol. The molecule has 1 heterocycles. The highest BCUT2D eigenvalue weighted by Gasteiger charge is 2.35. The van der Waals surface area contributed by atoms with Gasteiger partial charge in [0.15, 0.2) is 6.61 Å². The summed E-state index contributed by atoms with van der Waals surface area (Å²) in [4.78, 5) is 36.0. The van der Waals surface area contributed by atoms with Crippen LogP contribution in [0.25, 0.3) is 11.0 Å². The van der Waals surface area contributed by atoms with Crippen LogP contribution in [0.5, 0.6) is 0 Å². The number of carbonyl (C=O) groups excluding carboxylic acids is 2. The number of amides is 1. The lowest BCUT2D eigenvalue weighted by molar-refractivity contribution is -0.133. The van der Waals surface area contributed by atoms with Crippen LogP contribution >= 0.6 is 0 Å². The molecular formula is C22H25N3O3. The summed E-state index contributed by atoms with van der Waals surface area (Å²) in [5.41, 5.74) is 4.56. The molecule has 2 aromatic rings. The second-order valence-electron chi connectivity index (χ2n) is 7.61. The van der Waals surface area contributed by atoms with E-state index in [0.29, 0.717) is 11.1 Å². The number of fused-ring (bicyclic) bond motifs is 1. The first kappa shape index (κ1) is 18.6. The van der Waals surface area contributed by atoms with E-state index in [2.05, 4.69) is 16.0 Å². The Morgan fingerprint density at radius 1 is 1.11 bits per heavy atom. The number of ether oxygens (including phenoxy) is 1. The molecule has 28 heavy (non-hydrogen) atoms. The number of hydrogen-bond acceptors (Lipinski definition) is 5. The summed E-state index contributed by atoms with van der Waals surface area (Å²) in [7, 11) is 0. The molecule has 6 heteroatoms. The molecule has 2 aliphatic rings. The van der Waals surface area contributed by atoms with E-state index < -0.39 is 5.97 Å². The first-order valence-electron chi connectivity index (χ1n) is 9.96. The monoisotopic (exact) mass is 379 g/mol. The van der Waals surface area contributed by atoms with Gasteiger partial charge in [-0.15, -0.1) is 0 Å². The maximum atomic E-state index is 12.7. The minimum Gasteiger partial charge on any atom is -0.452 e. The van der Waals surface area contributed by atoms with Crippen LogP contribution in [0.3, 0.4) is 0 Å². The third-order valence-electron chi connectivity index (χ3n) is 5.39. The molecule has 1 aromatic heterocycles. The Kier molecular flexibility index (Phi) is 5.11. The Hall–Kier alpha value is -2.76. The second-order valence-corrected chi connectivity index (χ2v) is 7.61. The zero-order valence-corrected chi connectivity index (χ0v) is 16.4. The molecular weight excluding hydrogens is 354 g/mol. The van der Waals surface area contributed by atoms with Crippen LogP contribution in [-0.4, -0.2) is 39.4 Å². The van der Waals surface area contributed by atoms with Gasteiger partial charge in [0, 0.05) is 11.7 Å². The zero-order chi connectivity index (χ0) is 19.7. The van der Waals surface area contributed by atoms with Crippen molar-refractivity contribution < 1.29 is 14.3 Å². The van der Waals surface area contributed by atoms with E-state index in [9.17, 15) is 9.59 Å². The lowest BCUT2D eigenvalue weighted by Crippen LogP contribution is -2.36. The Bertz CT molecular complexity index is 963. The number of allylic oxidation sites excluding steroid dienone is 2. The second kappa shape index (κ2) is 7.70. The van der Waals surface area contributed by atoms with Crippen LogP contribution in [-0.2, 0) is 9.53 Å². The summed E-state index contributed by atoms with van der Waals surface area (Å²) in [5, 5.41) is 0. The summed E-state index contributed by atoms with van der Waals surface area (Å²) in [6.45, 7) is 3.56. The van der Waals surface area contributed by atoms with Crippen LogP contribution in [0.4, 0.5) is 0 Å². The van der Waals surface area contributed by atoms with Crippen LogP contribution in [0, 0.1) is 13.8 Å². The number of benzene rings is 1. The SMILES string of the molecule is Cc1nc2ccc(C(=O)OCC(=O)N(C3=CCCCC3)C3CC3)cc2nc1C. The number of aromatic nitrogens is 2. The van der Waals surface area contributed by atoms with E-state index in [-0.39, 0.29) is 18.6 Å². The number of nitrogens with zero attached hydrogens (tertiary/aromatic N) is 3. The lowest BCUT2D eigenvalue weighted by atomic mass is 10.0. The maximum Gasteiger partial charge on any atom is 0.338 e. The molecule has 1 saturated carbocycles. The van der Waals surface area contributed by atoms with Gasteiger partial charge < -0.3 is 9.64 Å². The molecule has 0 atom stereocenters. The molecule has 1 amide bonds. The first-order chi connectivity index (χ1) is 13.5. The third-order valence-corrected chi connectivity index (χ3v) is 5.39. The lowest BCUT2D eigenvalue weighted by Gasteiger charge is -2.27. The molecule has 0 N–H and O–H groups in total. The minimum absolute atomic E-state index is 0.129. The summed E-state index contributed by atoms with van der Waals surface area (Å²) in [5.74, 6) is -0.639. The molecule has 0 aliphatic heterocycles. The molecule has 0 unspecified atom stereocenters. The Labute approximate surface area is 164 Å². The van der Waals surface area contributed by atoms with Gasteiger partial charge >= 0.3 is 5.97 Å². The number of aryl methyl sites for hydroxylation is 2. The zero-order valence-electron chi connectivity index (χ0n) is 16.4. The van der Waals surface area contributed by atoms with Crippen LogP contribution in [0.15, 0.2) is 30.0 Å². The number of esters is 1. The van der Waals surface area contributed by atoms with Crippen molar-refractivity contribution in [1.82, 2.24) is 14.9 Å². The van der Waals surface area contributed by atoms with Crippen molar-refractivity contribution >= 4 is 22.9 Å². The standard InChI is InChI=1S/C22H25N3O3/c1-14-15(2)24-20-12-16(8-11-19(20)23-14)22(27)28-13-21(26)25(18-9-10-18)17-6-4-3-5-7-17/h6,8,11-12,18H,3-5,7,9-10,13H2,1-2H3. The van der Waals surface area contributed by atoms with E-state index in [1.807, 2.05) is 18.7 Å². The molecule has 4 rings (SSSR count). The first-order valence-corrected chi connectivity index (χ1v) is 9.96. The van der Waals surface area contributed by atoms with Gasteiger partial charge in [0.1, 0.15) is 0 Å². The van der Waals surface area contributed by atoms with Gasteiger partial charge in [-0.3, -0.25) is 4.79 Å². The summed E-state index contributed by atoms with van der Waals surface area (Å²) < 4.78 is 5.34. The Balaban J connectivity index is 1.44. The Morgan fingerprint density at radius 2 is 1.86 bits per heavy atom. The highest BCUT2D eigenvalue weighted by atomic mass is 16.5. The number of rotatable bonds is 5. The van der Waals surface area contributed by atoms with E-state index >= 15 is 0 Å². The largest absolute Gasteiger partial charge is 0.452 e. The molecule has 2 aliphatic carbocycles. The average Bonchev–Trinajstić information content (AvgIpc) is 3.52. The van der Waals surface area contributed by atoms with Gasteiger partial charge in [-0.05, 0) is 70.6 Å². The maximum absolute atomic E-state index is 12.7. The van der Waals surface area contributed by atoms with Gasteiger partial charge in [-0.25, -0.2) is 14.8 Å². The Morgan fingerprint density at radius 3 is 2.54 bits per heavy atom. The smallest absolute Gasteiger partial charge is 0.338 e. The normalized spacial score (nSPS) is 16.6. The van der Waals surface area contributed by atoms with Gasteiger partial charge in [-0.1, -0.05) is 6.08 Å². The van der Waals surface area contributed by atoms with Crippen molar-refractivity contribution in [1.29, 1.82) is 0 Å². The topological polar surface area (TPSA) is 72.4 Å². The molecule has 1 fully saturated rings. The van der Waals surface area contributed by atoms with Crippen molar-refractivity contribution in [3.63, 3.8) is 0 Å². The molecule has 0 radical (unpaired) electrons. The summed E-state index contributed by atoms with van der Waals surface area (Å²) in [6, 6.07) is 5.37. The summed E-state index contributed by atoms with van der Waals surface area (Å²) in [6.07, 6.45) is 8.45. The van der Waals surface area contributed by atoms with Crippen molar-refractivity contribution in [3.8, 4) is 0 Å². The number of hydrogen-bond donors (Lipinski definition) is 0. The molecule has 0 bridgehead atoms. The molecule has 6 nitrogen and oxygen atoms in total. The van der Waals surface area contributed by atoms with E-state index in [4.69, 9.17) is 4.74 Å². The van der Waals surface area contributed by atoms with E-state index in [1.165, 1.54) is 6.42 Å². The fourth-order valence-electron chi connectivity index (χ4n) is 3.61. The van der Waals surface area contributed by atoms with Crippen molar-refractivity contribution in [2.75, 3.05) is 6.61 Å². The van der Waals surface area contributed by atoms with Gasteiger partial charge in [-0.2, -0.15) is 0 Å². The fraction of sp³-hybridized carbons (Fsp3) is 0.455. The molecule has 1 aromatic carbocycles. The van der Waals surface area contributed by atoms with E-state index in [1.54, 1.807) is 18.2 Å². The quantitative estimate of drug-likeness (QED) is 0.738. The van der Waals surface area contributed by atoms with Crippen LogP contribution in [0.2, 0.25) is 0 Å². The molecule has 146 valence electrons. The van der Waals surface area contributed by atoms with Gasteiger partial charge in [0.25, 0.3) is 5.91 Å². The van der Waals surface area contributed by atoms with Crippen LogP contribution in [0.1, 0.15) is 60.3 Å². The van der Waals surface area contributed by atoms with Gasteiger partial charge in [0.05, 0.1) is 28.0 Å². The van der Waals surface area contributed by atoms with Crippen molar-refractivity contribution in [3.05, 3.63) is 46.9 Å². The number of carbonyl (C=O) groups is 2. The van der Waals surface area contributed by atoms with E-state index in [0.717, 1.165) is 54.7 Å². The van der Waals surface area contributed by atoms with Crippen LogP contribution < -0.4 is 0 Å². The van der Waals surface area contributed by atoms with Crippen molar-refractivity contribution in [2.45, 2.75) is 58.4 Å². The van der Waals surface area contributed by atoms with Crippen molar-refractivity contribution in [2.24, 2.45) is 0 Å². The molecule has 0 saturated heterocycles. The fourth-order valence-corrected chi connectivity index (χ4v) is 3.61. The molecule has 0 spiro atoms. The average molecular weight is 379 g/mol.